The Balaban J connectivity index is 1.18. The first-order valence-corrected chi connectivity index (χ1v) is 15.2. The SMILES string of the molecule is CC(C)(C)OC(=O)N1CCC2CN(S(=O)(=O)c3ccc(CNC(=O)c4ccc5nccn5c4)cc3)CCCC2C1. The third-order valence-corrected chi connectivity index (χ3v) is 9.51. The molecule has 2 fully saturated rings. The van der Waals surface area contributed by atoms with Gasteiger partial charge in [-0.25, -0.2) is 18.2 Å². The molecule has 40 heavy (non-hydrogen) atoms. The van der Waals surface area contributed by atoms with E-state index in [1.807, 2.05) is 20.8 Å². The average Bonchev–Trinajstić information content (AvgIpc) is 3.28. The van der Waals surface area contributed by atoms with Gasteiger partial charge >= 0.3 is 6.09 Å². The van der Waals surface area contributed by atoms with E-state index in [0.29, 0.717) is 31.7 Å². The third-order valence-electron chi connectivity index (χ3n) is 7.63. The van der Waals surface area contributed by atoms with Crippen molar-refractivity contribution in [3.63, 3.8) is 0 Å². The minimum Gasteiger partial charge on any atom is -0.444 e. The monoisotopic (exact) mass is 567 g/mol. The molecule has 0 saturated carbocycles. The smallest absolute Gasteiger partial charge is 0.410 e. The molecule has 1 aromatic carbocycles. The molecule has 11 heteroatoms. The van der Waals surface area contributed by atoms with Crippen molar-refractivity contribution in [2.24, 2.45) is 11.8 Å². The number of aromatic nitrogens is 2. The van der Waals surface area contributed by atoms with Crippen molar-refractivity contribution in [2.45, 2.75) is 57.1 Å². The van der Waals surface area contributed by atoms with Gasteiger partial charge in [-0.05, 0) is 81.7 Å². The van der Waals surface area contributed by atoms with Crippen molar-refractivity contribution >= 4 is 27.7 Å². The van der Waals surface area contributed by atoms with Crippen LogP contribution in [-0.2, 0) is 21.3 Å². The highest BCUT2D eigenvalue weighted by Crippen LogP contribution is 2.33. The van der Waals surface area contributed by atoms with Crippen LogP contribution < -0.4 is 5.32 Å². The van der Waals surface area contributed by atoms with E-state index in [-0.39, 0.29) is 35.3 Å². The fourth-order valence-electron chi connectivity index (χ4n) is 5.51. The van der Waals surface area contributed by atoms with Gasteiger partial charge in [0, 0.05) is 51.3 Å². The van der Waals surface area contributed by atoms with Crippen LogP contribution in [0.25, 0.3) is 5.65 Å². The van der Waals surface area contributed by atoms with E-state index >= 15 is 0 Å². The zero-order valence-corrected chi connectivity index (χ0v) is 24.1. The summed E-state index contributed by atoms with van der Waals surface area (Å²) in [6, 6.07) is 10.2. The molecule has 2 aliphatic heterocycles. The second-order valence-electron chi connectivity index (χ2n) is 11.7. The average molecular weight is 568 g/mol. The Morgan fingerprint density at radius 3 is 2.52 bits per heavy atom. The summed E-state index contributed by atoms with van der Waals surface area (Å²) in [7, 11) is -3.66. The molecule has 2 aliphatic rings. The molecule has 10 nitrogen and oxygen atoms in total. The van der Waals surface area contributed by atoms with Crippen molar-refractivity contribution < 1.29 is 22.7 Å². The predicted molar refractivity (Wildman–Crippen MR) is 150 cm³/mol. The van der Waals surface area contributed by atoms with Gasteiger partial charge < -0.3 is 19.4 Å². The number of hydrogen-bond donors (Lipinski definition) is 1. The second kappa shape index (κ2) is 11.2. The maximum atomic E-state index is 13.6. The number of pyridine rings is 1. The minimum absolute atomic E-state index is 0.201. The van der Waals surface area contributed by atoms with E-state index in [2.05, 4.69) is 10.3 Å². The van der Waals surface area contributed by atoms with Crippen LogP contribution in [0.1, 0.15) is 56.0 Å². The fourth-order valence-corrected chi connectivity index (χ4v) is 7.04. The number of likely N-dealkylation sites (tertiary alicyclic amines) is 1. The molecule has 0 bridgehead atoms. The van der Waals surface area contributed by atoms with Gasteiger partial charge in [-0.2, -0.15) is 4.31 Å². The quantitative estimate of drug-likeness (QED) is 0.500. The van der Waals surface area contributed by atoms with E-state index in [9.17, 15) is 18.0 Å². The topological polar surface area (TPSA) is 113 Å². The van der Waals surface area contributed by atoms with E-state index in [1.54, 1.807) is 68.6 Å². The molecule has 2 saturated heterocycles. The van der Waals surface area contributed by atoms with Crippen molar-refractivity contribution in [3.05, 3.63) is 66.1 Å². The summed E-state index contributed by atoms with van der Waals surface area (Å²) in [5.74, 6) is 0.234. The molecule has 2 aromatic heterocycles. The molecule has 5 rings (SSSR count). The van der Waals surface area contributed by atoms with E-state index in [4.69, 9.17) is 4.74 Å². The number of fused-ring (bicyclic) bond motifs is 2. The van der Waals surface area contributed by atoms with Gasteiger partial charge in [0.1, 0.15) is 11.2 Å². The summed E-state index contributed by atoms with van der Waals surface area (Å²) >= 11 is 0. The lowest BCUT2D eigenvalue weighted by Crippen LogP contribution is -2.47. The molecule has 1 N–H and O–H groups in total. The number of rotatable bonds is 5. The number of amides is 2. The van der Waals surface area contributed by atoms with Crippen molar-refractivity contribution in [1.82, 2.24) is 23.9 Å². The summed E-state index contributed by atoms with van der Waals surface area (Å²) in [5, 5.41) is 2.89. The van der Waals surface area contributed by atoms with Crippen LogP contribution >= 0.6 is 0 Å². The van der Waals surface area contributed by atoms with Gasteiger partial charge in [-0.15, -0.1) is 0 Å². The summed E-state index contributed by atoms with van der Waals surface area (Å²) in [6.45, 7) is 7.94. The zero-order valence-electron chi connectivity index (χ0n) is 23.2. The van der Waals surface area contributed by atoms with E-state index in [0.717, 1.165) is 30.5 Å². The van der Waals surface area contributed by atoms with E-state index in [1.165, 1.54) is 0 Å². The predicted octanol–water partition coefficient (Wildman–Crippen LogP) is 3.92. The van der Waals surface area contributed by atoms with Gasteiger partial charge in [0.2, 0.25) is 10.0 Å². The van der Waals surface area contributed by atoms with Crippen LogP contribution in [0.15, 0.2) is 59.9 Å². The lowest BCUT2D eigenvalue weighted by Gasteiger charge is -2.39. The third kappa shape index (κ3) is 6.31. The summed E-state index contributed by atoms with van der Waals surface area (Å²) in [4.78, 5) is 31.4. The normalized spacial score (nSPS) is 20.5. The number of hydrogen-bond acceptors (Lipinski definition) is 6. The van der Waals surface area contributed by atoms with Crippen LogP contribution in [0.2, 0.25) is 0 Å². The lowest BCUT2D eigenvalue weighted by molar-refractivity contribution is 0.00965. The standard InChI is InChI=1S/C29H37N5O5S/c1-29(2,3)39-28(36)33-15-12-23-20-34(14-4-5-22(23)18-33)40(37,38)25-9-6-21(7-10-25)17-31-27(35)24-8-11-26-30-13-16-32(26)19-24/h6-11,13,16,19,22-23H,4-5,12,14-15,17-18,20H2,1-3H3,(H,31,35). The van der Waals surface area contributed by atoms with Crippen molar-refractivity contribution in [2.75, 3.05) is 26.2 Å². The highest BCUT2D eigenvalue weighted by atomic mass is 32.2. The van der Waals surface area contributed by atoms with Crippen LogP contribution in [0.4, 0.5) is 4.79 Å². The number of nitrogens with one attached hydrogen (secondary N) is 1. The van der Waals surface area contributed by atoms with Gasteiger partial charge in [0.25, 0.3) is 5.91 Å². The lowest BCUT2D eigenvalue weighted by atomic mass is 9.83. The summed E-state index contributed by atoms with van der Waals surface area (Å²) in [6.07, 6.45) is 7.26. The number of carbonyl (C=O) groups excluding carboxylic acids is 2. The van der Waals surface area contributed by atoms with E-state index < -0.39 is 15.6 Å². The Labute approximate surface area is 235 Å². The zero-order chi connectivity index (χ0) is 28.5. The summed E-state index contributed by atoms with van der Waals surface area (Å²) in [5.41, 5.74) is 1.54. The molecule has 0 radical (unpaired) electrons. The molecular formula is C29H37N5O5S. The van der Waals surface area contributed by atoms with Crippen LogP contribution in [0.5, 0.6) is 0 Å². The van der Waals surface area contributed by atoms with Crippen LogP contribution in [-0.4, -0.2) is 70.8 Å². The number of ether oxygens (including phenoxy) is 1. The Hall–Kier alpha value is -3.44. The second-order valence-corrected chi connectivity index (χ2v) is 13.6. The first-order chi connectivity index (χ1) is 19.0. The Bertz CT molecular complexity index is 1480. The molecule has 3 aromatic rings. The molecule has 0 spiro atoms. The Morgan fingerprint density at radius 1 is 1.02 bits per heavy atom. The number of benzene rings is 1. The number of carbonyl (C=O) groups is 2. The maximum absolute atomic E-state index is 13.6. The highest BCUT2D eigenvalue weighted by molar-refractivity contribution is 7.89. The van der Waals surface area contributed by atoms with Gasteiger partial charge in [0.15, 0.2) is 0 Å². The molecule has 4 heterocycles. The van der Waals surface area contributed by atoms with Gasteiger partial charge in [0.05, 0.1) is 10.5 Å². The maximum Gasteiger partial charge on any atom is 0.410 e. The Kier molecular flexibility index (Phi) is 7.87. The number of nitrogens with zero attached hydrogens (tertiary/aromatic N) is 4. The summed E-state index contributed by atoms with van der Waals surface area (Å²) < 4.78 is 36.0. The molecule has 2 atom stereocenters. The largest absolute Gasteiger partial charge is 0.444 e. The molecule has 2 amide bonds. The number of piperidine rings is 1. The van der Waals surface area contributed by atoms with Gasteiger partial charge in [-0.3, -0.25) is 4.79 Å². The van der Waals surface area contributed by atoms with Crippen LogP contribution in [0.3, 0.4) is 0 Å². The molecular weight excluding hydrogens is 530 g/mol. The number of imidazole rings is 1. The number of sulfonamides is 1. The molecule has 214 valence electrons. The highest BCUT2D eigenvalue weighted by Gasteiger charge is 2.38. The molecule has 2 unspecified atom stereocenters. The minimum atomic E-state index is -3.66. The van der Waals surface area contributed by atoms with Crippen molar-refractivity contribution in [3.8, 4) is 0 Å². The Morgan fingerprint density at radius 2 is 1.77 bits per heavy atom. The fraction of sp³-hybridized carbons (Fsp3) is 0.483. The van der Waals surface area contributed by atoms with Gasteiger partial charge in [-0.1, -0.05) is 12.1 Å². The van der Waals surface area contributed by atoms with Crippen LogP contribution in [0, 0.1) is 11.8 Å². The van der Waals surface area contributed by atoms with Crippen molar-refractivity contribution in [1.29, 1.82) is 0 Å². The molecule has 0 aliphatic carbocycles. The first kappa shape index (κ1) is 28.1. The first-order valence-electron chi connectivity index (χ1n) is 13.8.